The number of nitrogens with one attached hydrogen (secondary N) is 1. The third kappa shape index (κ3) is 2.55. The van der Waals surface area contributed by atoms with E-state index in [1.165, 1.54) is 0 Å². The third-order valence-electron chi connectivity index (χ3n) is 1.12. The molecule has 1 aliphatic rings. The van der Waals surface area contributed by atoms with Gasteiger partial charge in [0, 0.05) is 0 Å². The summed E-state index contributed by atoms with van der Waals surface area (Å²) in [6, 6.07) is 0. The number of hydrogen-bond acceptors (Lipinski definition) is 4. The van der Waals surface area contributed by atoms with Gasteiger partial charge in [0.05, 0.1) is 25.5 Å². The van der Waals surface area contributed by atoms with Crippen LogP contribution in [0.25, 0.3) is 0 Å². The van der Waals surface area contributed by atoms with Crippen molar-refractivity contribution in [3.63, 3.8) is 0 Å². The van der Waals surface area contributed by atoms with Gasteiger partial charge in [-0.15, -0.1) is 0 Å². The highest BCUT2D eigenvalue weighted by Crippen LogP contribution is 1.93. The van der Waals surface area contributed by atoms with E-state index in [9.17, 15) is 4.79 Å². The summed E-state index contributed by atoms with van der Waals surface area (Å²) in [6.07, 6.45) is -0.521. The number of ether oxygens (including phenoxy) is 2. The molecule has 1 heterocycles. The zero-order valence-corrected chi connectivity index (χ0v) is 6.29. The van der Waals surface area contributed by atoms with Crippen LogP contribution in [-0.2, 0) is 9.47 Å². The van der Waals surface area contributed by atoms with Crippen molar-refractivity contribution >= 4 is 11.8 Å². The number of nitrogens with zero attached hydrogens (tertiary/aromatic N) is 1. The molecular weight excluding hydrogens is 148 g/mol. The molecule has 0 aliphatic carbocycles. The van der Waals surface area contributed by atoms with Crippen molar-refractivity contribution in [1.29, 1.82) is 0 Å². The SMILES string of the molecule is CCOC(=O)NN=C1COC1. The summed E-state index contributed by atoms with van der Waals surface area (Å²) in [5, 5.41) is 3.72. The van der Waals surface area contributed by atoms with Crippen LogP contribution >= 0.6 is 0 Å². The highest BCUT2D eigenvalue weighted by molar-refractivity contribution is 5.91. The molecule has 1 N–H and O–H groups in total. The van der Waals surface area contributed by atoms with Gasteiger partial charge in [0.15, 0.2) is 0 Å². The van der Waals surface area contributed by atoms with E-state index in [-0.39, 0.29) is 0 Å². The second-order valence-electron chi connectivity index (χ2n) is 2.00. The molecule has 5 nitrogen and oxygen atoms in total. The fraction of sp³-hybridized carbons (Fsp3) is 0.667. The Labute approximate surface area is 64.4 Å². The van der Waals surface area contributed by atoms with Crippen LogP contribution < -0.4 is 5.43 Å². The van der Waals surface area contributed by atoms with Crippen LogP contribution in [0.5, 0.6) is 0 Å². The molecule has 0 saturated carbocycles. The molecular formula is C6H10N2O3. The Hall–Kier alpha value is -1.10. The molecule has 0 aromatic heterocycles. The van der Waals surface area contributed by atoms with Gasteiger partial charge in [0.1, 0.15) is 0 Å². The summed E-state index contributed by atoms with van der Waals surface area (Å²) in [4.78, 5) is 10.6. The Morgan fingerprint density at radius 3 is 3.00 bits per heavy atom. The first-order valence-corrected chi connectivity index (χ1v) is 3.39. The predicted molar refractivity (Wildman–Crippen MR) is 38.4 cm³/mol. The molecule has 1 fully saturated rings. The van der Waals surface area contributed by atoms with Gasteiger partial charge < -0.3 is 9.47 Å². The van der Waals surface area contributed by atoms with Gasteiger partial charge in [-0.3, -0.25) is 0 Å². The smallest absolute Gasteiger partial charge is 0.427 e. The molecule has 1 aliphatic heterocycles. The maximum absolute atomic E-state index is 10.6. The predicted octanol–water partition coefficient (Wildman–Crippen LogP) is 0.119. The van der Waals surface area contributed by atoms with Gasteiger partial charge in [0.2, 0.25) is 0 Å². The van der Waals surface area contributed by atoms with Crippen LogP contribution in [0.1, 0.15) is 6.92 Å². The average Bonchev–Trinajstić information content (AvgIpc) is 1.85. The van der Waals surface area contributed by atoms with Crippen molar-refractivity contribution in [2.45, 2.75) is 6.92 Å². The molecule has 1 rings (SSSR count). The molecule has 5 heteroatoms. The van der Waals surface area contributed by atoms with Crippen molar-refractivity contribution in [2.75, 3.05) is 19.8 Å². The van der Waals surface area contributed by atoms with Crippen molar-refractivity contribution in [3.05, 3.63) is 0 Å². The zero-order valence-electron chi connectivity index (χ0n) is 6.29. The van der Waals surface area contributed by atoms with E-state index in [0.717, 1.165) is 5.71 Å². The lowest BCUT2D eigenvalue weighted by atomic mass is 10.3. The Bertz CT molecular complexity index is 173. The van der Waals surface area contributed by atoms with E-state index >= 15 is 0 Å². The molecule has 0 spiro atoms. The summed E-state index contributed by atoms with van der Waals surface area (Å²) in [7, 11) is 0. The molecule has 0 bridgehead atoms. The van der Waals surface area contributed by atoms with E-state index < -0.39 is 6.09 Å². The Morgan fingerprint density at radius 2 is 2.55 bits per heavy atom. The fourth-order valence-corrected chi connectivity index (χ4v) is 0.546. The Morgan fingerprint density at radius 1 is 1.82 bits per heavy atom. The van der Waals surface area contributed by atoms with Gasteiger partial charge in [-0.1, -0.05) is 0 Å². The number of hydrogen-bond donors (Lipinski definition) is 1. The van der Waals surface area contributed by atoms with E-state index in [0.29, 0.717) is 19.8 Å². The minimum Gasteiger partial charge on any atom is -0.449 e. The Balaban J connectivity index is 2.14. The lowest BCUT2D eigenvalue weighted by molar-refractivity contribution is 0.147. The summed E-state index contributed by atoms with van der Waals surface area (Å²) >= 11 is 0. The minimum atomic E-state index is -0.521. The van der Waals surface area contributed by atoms with Crippen molar-refractivity contribution in [1.82, 2.24) is 5.43 Å². The van der Waals surface area contributed by atoms with Crippen LogP contribution in [0, 0.1) is 0 Å². The molecule has 0 radical (unpaired) electrons. The lowest BCUT2D eigenvalue weighted by Gasteiger charge is -2.14. The highest BCUT2D eigenvalue weighted by Gasteiger charge is 2.10. The van der Waals surface area contributed by atoms with Crippen LogP contribution in [0.2, 0.25) is 0 Å². The van der Waals surface area contributed by atoms with Gasteiger partial charge in [-0.05, 0) is 6.92 Å². The van der Waals surface area contributed by atoms with Crippen LogP contribution in [-0.4, -0.2) is 31.6 Å². The van der Waals surface area contributed by atoms with Gasteiger partial charge in [0.25, 0.3) is 0 Å². The number of rotatable bonds is 2. The normalized spacial score (nSPS) is 15.2. The molecule has 1 saturated heterocycles. The van der Waals surface area contributed by atoms with Crippen LogP contribution in [0.15, 0.2) is 5.10 Å². The van der Waals surface area contributed by atoms with Crippen molar-refractivity contribution in [2.24, 2.45) is 5.10 Å². The molecule has 1 amide bonds. The summed E-state index contributed by atoms with van der Waals surface area (Å²) in [5.41, 5.74) is 3.06. The highest BCUT2D eigenvalue weighted by atomic mass is 16.6. The minimum absolute atomic E-state index is 0.354. The molecule has 62 valence electrons. The molecule has 0 unspecified atom stereocenters. The summed E-state index contributed by atoms with van der Waals surface area (Å²) in [6.45, 7) is 3.10. The fourth-order valence-electron chi connectivity index (χ4n) is 0.546. The molecule has 0 atom stereocenters. The standard InChI is InChI=1S/C6H10N2O3/c1-2-11-6(9)8-7-5-3-10-4-5/h2-4H2,1H3,(H,8,9). The maximum Gasteiger partial charge on any atom is 0.427 e. The quantitative estimate of drug-likeness (QED) is 0.580. The topological polar surface area (TPSA) is 59.9 Å². The number of carbonyl (C=O) groups excluding carboxylic acids is 1. The van der Waals surface area contributed by atoms with Crippen molar-refractivity contribution < 1.29 is 14.3 Å². The third-order valence-corrected chi connectivity index (χ3v) is 1.12. The summed E-state index contributed by atoms with van der Waals surface area (Å²) in [5.74, 6) is 0. The number of carbonyl (C=O) groups is 1. The summed E-state index contributed by atoms with van der Waals surface area (Å²) < 4.78 is 9.37. The largest absolute Gasteiger partial charge is 0.449 e. The first-order valence-electron chi connectivity index (χ1n) is 3.39. The van der Waals surface area contributed by atoms with Gasteiger partial charge >= 0.3 is 6.09 Å². The zero-order chi connectivity index (χ0) is 8.10. The first-order chi connectivity index (χ1) is 5.33. The first kappa shape index (κ1) is 8.00. The number of hydrazone groups is 1. The van der Waals surface area contributed by atoms with Gasteiger partial charge in [-0.25, -0.2) is 10.2 Å². The number of amides is 1. The van der Waals surface area contributed by atoms with Crippen LogP contribution in [0.4, 0.5) is 4.79 Å². The molecule has 0 aromatic carbocycles. The molecule has 11 heavy (non-hydrogen) atoms. The average molecular weight is 158 g/mol. The second kappa shape index (κ2) is 3.92. The van der Waals surface area contributed by atoms with E-state index in [2.05, 4.69) is 15.3 Å². The maximum atomic E-state index is 10.6. The Kier molecular flexibility index (Phi) is 2.85. The van der Waals surface area contributed by atoms with E-state index in [4.69, 9.17) is 4.74 Å². The molecule has 0 aromatic rings. The van der Waals surface area contributed by atoms with Gasteiger partial charge in [-0.2, -0.15) is 5.10 Å². The van der Waals surface area contributed by atoms with E-state index in [1.807, 2.05) is 0 Å². The van der Waals surface area contributed by atoms with E-state index in [1.54, 1.807) is 6.92 Å². The monoisotopic (exact) mass is 158 g/mol. The van der Waals surface area contributed by atoms with Crippen molar-refractivity contribution in [3.8, 4) is 0 Å². The second-order valence-corrected chi connectivity index (χ2v) is 2.00. The van der Waals surface area contributed by atoms with Crippen LogP contribution in [0.3, 0.4) is 0 Å². The lowest BCUT2D eigenvalue weighted by Crippen LogP contribution is -2.31.